The van der Waals surface area contributed by atoms with Crippen LogP contribution in [0.4, 0.5) is 5.69 Å². The number of nitrogens with one attached hydrogen (secondary N) is 1. The van der Waals surface area contributed by atoms with Gasteiger partial charge in [-0.15, -0.1) is 0 Å². The average Bonchev–Trinajstić information content (AvgIpc) is 3.05. The molecule has 1 aliphatic heterocycles. The fourth-order valence-corrected chi connectivity index (χ4v) is 1.98. The van der Waals surface area contributed by atoms with Crippen molar-refractivity contribution < 1.29 is 18.7 Å². The Hall–Kier alpha value is -3.20. The molecule has 0 saturated heterocycles. The molecule has 6 heteroatoms. The lowest BCUT2D eigenvalue weighted by atomic mass is 10.2. The van der Waals surface area contributed by atoms with Gasteiger partial charge in [0.25, 0.3) is 5.91 Å². The first kappa shape index (κ1) is 13.8. The molecule has 2 aromatic rings. The Balaban J connectivity index is 1.77. The number of carbonyl (C=O) groups excluding carboxylic acids is 1. The molecule has 0 saturated carbocycles. The van der Waals surface area contributed by atoms with Crippen molar-refractivity contribution in [3.8, 4) is 17.6 Å². The fraction of sp³-hybridized carbons (Fsp3) is 0.125. The molecule has 1 aromatic heterocycles. The third kappa shape index (κ3) is 2.94. The number of hydrogen-bond donors (Lipinski definition) is 1. The first-order valence-corrected chi connectivity index (χ1v) is 6.62. The second kappa shape index (κ2) is 6.06. The quantitative estimate of drug-likeness (QED) is 0.695. The van der Waals surface area contributed by atoms with Crippen LogP contribution in [-0.4, -0.2) is 19.1 Å². The molecule has 2 heterocycles. The zero-order valence-electron chi connectivity index (χ0n) is 11.5. The Morgan fingerprint density at radius 3 is 2.77 bits per heavy atom. The summed E-state index contributed by atoms with van der Waals surface area (Å²) in [4.78, 5) is 12.1. The number of nitriles is 1. The Bertz CT molecular complexity index is 757. The summed E-state index contributed by atoms with van der Waals surface area (Å²) in [6, 6.07) is 10.3. The zero-order chi connectivity index (χ0) is 15.4. The van der Waals surface area contributed by atoms with Crippen molar-refractivity contribution in [2.75, 3.05) is 18.5 Å². The van der Waals surface area contributed by atoms with Crippen LogP contribution in [0.15, 0.2) is 46.6 Å². The minimum absolute atomic E-state index is 0.0511. The number of carbonyl (C=O) groups is 1. The minimum atomic E-state index is -0.518. The van der Waals surface area contributed by atoms with Crippen LogP contribution in [0.2, 0.25) is 0 Å². The van der Waals surface area contributed by atoms with Crippen LogP contribution in [0.5, 0.6) is 11.5 Å². The summed E-state index contributed by atoms with van der Waals surface area (Å²) in [7, 11) is 0. The molecule has 0 bridgehead atoms. The van der Waals surface area contributed by atoms with Gasteiger partial charge in [-0.3, -0.25) is 4.79 Å². The second-order valence-corrected chi connectivity index (χ2v) is 4.50. The molecular formula is C16H12N2O4. The molecule has 0 atom stereocenters. The summed E-state index contributed by atoms with van der Waals surface area (Å²) >= 11 is 0. The van der Waals surface area contributed by atoms with Gasteiger partial charge in [-0.25, -0.2) is 0 Å². The maximum absolute atomic E-state index is 12.1. The number of ether oxygens (including phenoxy) is 2. The smallest absolute Gasteiger partial charge is 0.266 e. The maximum Gasteiger partial charge on any atom is 0.266 e. The number of anilines is 1. The number of rotatable bonds is 3. The van der Waals surface area contributed by atoms with E-state index in [0.29, 0.717) is 36.2 Å². The zero-order valence-corrected chi connectivity index (χ0v) is 11.5. The van der Waals surface area contributed by atoms with Crippen LogP contribution in [0.3, 0.4) is 0 Å². The highest BCUT2D eigenvalue weighted by Gasteiger charge is 2.14. The lowest BCUT2D eigenvalue weighted by Gasteiger charge is -2.18. The Morgan fingerprint density at radius 2 is 2.05 bits per heavy atom. The van der Waals surface area contributed by atoms with Gasteiger partial charge in [0.15, 0.2) is 11.5 Å². The SMILES string of the molecule is N#CC(=Cc1ccco1)C(=O)Nc1ccc2c(c1)OCCO2. The highest BCUT2D eigenvalue weighted by Crippen LogP contribution is 2.32. The summed E-state index contributed by atoms with van der Waals surface area (Å²) < 4.78 is 16.0. The molecule has 1 amide bonds. The van der Waals surface area contributed by atoms with Gasteiger partial charge in [-0.2, -0.15) is 5.26 Å². The molecule has 22 heavy (non-hydrogen) atoms. The molecule has 3 rings (SSSR count). The third-order valence-corrected chi connectivity index (χ3v) is 2.99. The van der Waals surface area contributed by atoms with E-state index in [0.717, 1.165) is 0 Å². The molecule has 0 aliphatic carbocycles. The summed E-state index contributed by atoms with van der Waals surface area (Å²) in [6.45, 7) is 0.968. The van der Waals surface area contributed by atoms with Gasteiger partial charge in [0.2, 0.25) is 0 Å². The largest absolute Gasteiger partial charge is 0.486 e. The highest BCUT2D eigenvalue weighted by atomic mass is 16.6. The molecule has 0 spiro atoms. The van der Waals surface area contributed by atoms with Gasteiger partial charge in [0.1, 0.15) is 30.6 Å². The first-order valence-electron chi connectivity index (χ1n) is 6.62. The van der Waals surface area contributed by atoms with E-state index in [1.165, 1.54) is 12.3 Å². The number of amides is 1. The fourth-order valence-electron chi connectivity index (χ4n) is 1.98. The van der Waals surface area contributed by atoms with Gasteiger partial charge in [0, 0.05) is 17.8 Å². The Morgan fingerprint density at radius 1 is 1.23 bits per heavy atom. The molecule has 1 aliphatic rings. The van der Waals surface area contributed by atoms with Crippen molar-refractivity contribution in [2.24, 2.45) is 0 Å². The van der Waals surface area contributed by atoms with Crippen LogP contribution in [0.25, 0.3) is 6.08 Å². The second-order valence-electron chi connectivity index (χ2n) is 4.50. The van der Waals surface area contributed by atoms with E-state index < -0.39 is 5.91 Å². The first-order chi connectivity index (χ1) is 10.8. The minimum Gasteiger partial charge on any atom is -0.486 e. The number of hydrogen-bond acceptors (Lipinski definition) is 5. The van der Waals surface area contributed by atoms with Gasteiger partial charge in [-0.1, -0.05) is 0 Å². The van der Waals surface area contributed by atoms with Crippen molar-refractivity contribution in [3.63, 3.8) is 0 Å². The van der Waals surface area contributed by atoms with Crippen molar-refractivity contribution in [3.05, 3.63) is 47.9 Å². The van der Waals surface area contributed by atoms with Crippen molar-refractivity contribution in [1.29, 1.82) is 5.26 Å². The van der Waals surface area contributed by atoms with Gasteiger partial charge in [-0.05, 0) is 24.3 Å². The van der Waals surface area contributed by atoms with Crippen LogP contribution in [-0.2, 0) is 4.79 Å². The van der Waals surface area contributed by atoms with E-state index in [4.69, 9.17) is 19.2 Å². The highest BCUT2D eigenvalue weighted by molar-refractivity contribution is 6.09. The van der Waals surface area contributed by atoms with E-state index in [9.17, 15) is 4.79 Å². The van der Waals surface area contributed by atoms with E-state index in [1.807, 2.05) is 6.07 Å². The predicted molar refractivity (Wildman–Crippen MR) is 78.4 cm³/mol. The number of benzene rings is 1. The molecule has 1 aromatic carbocycles. The summed E-state index contributed by atoms with van der Waals surface area (Å²) in [5, 5.41) is 11.7. The monoisotopic (exact) mass is 296 g/mol. The predicted octanol–water partition coefficient (Wildman–Crippen LogP) is 2.60. The molecule has 0 radical (unpaired) electrons. The normalized spacial score (nSPS) is 13.3. The van der Waals surface area contributed by atoms with Crippen molar-refractivity contribution >= 4 is 17.7 Å². The van der Waals surface area contributed by atoms with Crippen molar-refractivity contribution in [1.82, 2.24) is 0 Å². The van der Waals surface area contributed by atoms with E-state index in [2.05, 4.69) is 5.32 Å². The average molecular weight is 296 g/mol. The lowest BCUT2D eigenvalue weighted by molar-refractivity contribution is -0.112. The maximum atomic E-state index is 12.1. The number of nitrogens with zero attached hydrogens (tertiary/aromatic N) is 1. The van der Waals surface area contributed by atoms with Gasteiger partial charge >= 0.3 is 0 Å². The molecule has 1 N–H and O–H groups in total. The molecule has 0 unspecified atom stereocenters. The Labute approximate surface area is 126 Å². The summed E-state index contributed by atoms with van der Waals surface area (Å²) in [5.74, 6) is 1.12. The standard InChI is InChI=1S/C16H12N2O4/c17-10-11(8-13-2-1-5-20-13)16(19)18-12-3-4-14-15(9-12)22-7-6-21-14/h1-5,8-9H,6-7H2,(H,18,19). The van der Waals surface area contributed by atoms with Crippen LogP contribution >= 0.6 is 0 Å². The Kier molecular flexibility index (Phi) is 3.79. The summed E-state index contributed by atoms with van der Waals surface area (Å²) in [5.41, 5.74) is 0.472. The van der Waals surface area contributed by atoms with Crippen LogP contribution in [0.1, 0.15) is 5.76 Å². The van der Waals surface area contributed by atoms with Crippen molar-refractivity contribution in [2.45, 2.75) is 0 Å². The molecular weight excluding hydrogens is 284 g/mol. The lowest BCUT2D eigenvalue weighted by Crippen LogP contribution is -2.17. The van der Waals surface area contributed by atoms with E-state index in [-0.39, 0.29) is 5.57 Å². The number of furan rings is 1. The van der Waals surface area contributed by atoms with Crippen LogP contribution < -0.4 is 14.8 Å². The van der Waals surface area contributed by atoms with Crippen LogP contribution in [0, 0.1) is 11.3 Å². The van der Waals surface area contributed by atoms with E-state index >= 15 is 0 Å². The van der Waals surface area contributed by atoms with Gasteiger partial charge in [0.05, 0.1) is 6.26 Å². The molecule has 6 nitrogen and oxygen atoms in total. The number of fused-ring (bicyclic) bond motifs is 1. The topological polar surface area (TPSA) is 84.5 Å². The summed E-state index contributed by atoms with van der Waals surface area (Å²) in [6.07, 6.45) is 2.85. The van der Waals surface area contributed by atoms with Gasteiger partial charge < -0.3 is 19.2 Å². The molecule has 0 fully saturated rings. The third-order valence-electron chi connectivity index (χ3n) is 2.99. The molecule has 110 valence electrons. The van der Waals surface area contributed by atoms with E-state index in [1.54, 1.807) is 30.3 Å².